The minimum absolute atomic E-state index is 0.235. The van der Waals surface area contributed by atoms with E-state index in [4.69, 9.17) is 0 Å². The van der Waals surface area contributed by atoms with Gasteiger partial charge in [0, 0.05) is 65.1 Å². The van der Waals surface area contributed by atoms with Gasteiger partial charge in [-0.2, -0.15) is 0 Å². The zero-order valence-electron chi connectivity index (χ0n) is 54.8. The lowest BCUT2D eigenvalue weighted by molar-refractivity contribution is 0.660. The number of anilines is 6. The van der Waals surface area contributed by atoms with Crippen molar-refractivity contribution >= 4 is 89.9 Å². The molecule has 0 saturated heterocycles. The summed E-state index contributed by atoms with van der Waals surface area (Å²) >= 11 is 1.87. The highest BCUT2D eigenvalue weighted by Crippen LogP contribution is 2.54. The van der Waals surface area contributed by atoms with Gasteiger partial charge in [0.15, 0.2) is 0 Å². The molecule has 0 N–H and O–H groups in total. The first kappa shape index (κ1) is 59.1. The Balaban J connectivity index is 0.633. The van der Waals surface area contributed by atoms with Crippen LogP contribution in [0.4, 0.5) is 34.1 Å². The number of hydrogen-bond donors (Lipinski definition) is 0. The van der Waals surface area contributed by atoms with E-state index in [9.17, 15) is 0 Å². The molecule has 0 radical (unpaired) electrons. The van der Waals surface area contributed by atoms with Crippen LogP contribution in [0.25, 0.3) is 111 Å². The Labute approximate surface area is 573 Å². The van der Waals surface area contributed by atoms with Gasteiger partial charge in [0.25, 0.3) is 0 Å². The molecule has 462 valence electrons. The molecule has 0 saturated carbocycles. The molecule has 14 aromatic carbocycles. The fraction of sp³-hybridized carbons (Fsp3) is 0.0638. The van der Waals surface area contributed by atoms with E-state index in [-0.39, 0.29) is 10.8 Å². The molecule has 0 unspecified atom stereocenters. The van der Waals surface area contributed by atoms with Crippen LogP contribution in [0.2, 0.25) is 0 Å². The Bertz CT molecular complexity index is 5070. The van der Waals surface area contributed by atoms with Crippen LogP contribution in [0.3, 0.4) is 0 Å². The van der Waals surface area contributed by atoms with Crippen molar-refractivity contribution in [3.05, 3.63) is 372 Å². The first-order valence-corrected chi connectivity index (χ1v) is 34.5. The van der Waals surface area contributed by atoms with Gasteiger partial charge in [0.05, 0.1) is 0 Å². The second-order valence-electron chi connectivity index (χ2n) is 26.9. The number of fused-ring (bicyclic) bond motifs is 9. The van der Waals surface area contributed by atoms with Crippen molar-refractivity contribution < 1.29 is 0 Å². The number of benzene rings is 14. The highest BCUT2D eigenvalue weighted by molar-refractivity contribution is 7.25. The van der Waals surface area contributed by atoms with E-state index < -0.39 is 0 Å². The summed E-state index contributed by atoms with van der Waals surface area (Å²) in [5.41, 5.74) is 31.1. The summed E-state index contributed by atoms with van der Waals surface area (Å²) in [5.74, 6) is 0. The summed E-state index contributed by atoms with van der Waals surface area (Å²) in [4.78, 5) is 4.85. The van der Waals surface area contributed by atoms with Gasteiger partial charge in [-0.3, -0.25) is 0 Å². The molecule has 97 heavy (non-hydrogen) atoms. The summed E-state index contributed by atoms with van der Waals surface area (Å²) in [5, 5.41) is 2.57. The lowest BCUT2D eigenvalue weighted by Crippen LogP contribution is -2.16. The number of rotatable bonds is 14. The predicted octanol–water partition coefficient (Wildman–Crippen LogP) is 26.6. The van der Waals surface area contributed by atoms with Crippen molar-refractivity contribution in [3.8, 4) is 66.8 Å². The quantitative estimate of drug-likeness (QED) is 0.100. The average Bonchev–Trinajstić information content (AvgIpc) is 1.58. The van der Waals surface area contributed by atoms with Crippen LogP contribution < -0.4 is 9.80 Å². The molecule has 0 spiro atoms. The third kappa shape index (κ3) is 11.0. The second-order valence-corrected chi connectivity index (χ2v) is 28.0. The van der Waals surface area contributed by atoms with Crippen LogP contribution in [0.5, 0.6) is 0 Å². The van der Waals surface area contributed by atoms with Crippen LogP contribution in [-0.4, -0.2) is 0 Å². The number of hydrogen-bond acceptors (Lipinski definition) is 3. The molecule has 0 atom stereocenters. The topological polar surface area (TPSA) is 6.48 Å². The molecule has 1 aromatic heterocycles. The van der Waals surface area contributed by atoms with Crippen molar-refractivity contribution in [2.24, 2.45) is 0 Å². The van der Waals surface area contributed by atoms with E-state index in [0.717, 1.165) is 34.1 Å². The van der Waals surface area contributed by atoms with Gasteiger partial charge in [-0.1, -0.05) is 283 Å². The third-order valence-corrected chi connectivity index (χ3v) is 21.3. The molecule has 2 nitrogen and oxygen atoms in total. The Morgan fingerprint density at radius 2 is 0.485 bits per heavy atom. The minimum Gasteiger partial charge on any atom is -0.310 e. The Morgan fingerprint density at radius 1 is 0.227 bits per heavy atom. The molecule has 1 heterocycles. The molecule has 0 fully saturated rings. The Morgan fingerprint density at radius 3 is 0.804 bits per heavy atom. The van der Waals surface area contributed by atoms with E-state index in [2.05, 4.69) is 389 Å². The second kappa shape index (κ2) is 24.3. The van der Waals surface area contributed by atoms with Crippen LogP contribution in [-0.2, 0) is 10.8 Å². The maximum absolute atomic E-state index is 2.44. The molecule has 2 aliphatic carbocycles. The highest BCUT2D eigenvalue weighted by atomic mass is 32.1. The van der Waals surface area contributed by atoms with Crippen molar-refractivity contribution in [2.45, 2.75) is 38.5 Å². The molecule has 17 rings (SSSR count). The molecule has 0 amide bonds. The first-order chi connectivity index (χ1) is 47.5. The average molecular weight is 1260 g/mol. The number of thiophene rings is 1. The summed E-state index contributed by atoms with van der Waals surface area (Å²) in [6.07, 6.45) is 9.15. The van der Waals surface area contributed by atoms with Gasteiger partial charge in [0.2, 0.25) is 0 Å². The molecule has 0 bridgehead atoms. The minimum atomic E-state index is -0.235. The summed E-state index contributed by atoms with van der Waals surface area (Å²) in [6.45, 7) is 9.55. The van der Waals surface area contributed by atoms with Gasteiger partial charge in [-0.25, -0.2) is 0 Å². The predicted molar refractivity (Wildman–Crippen MR) is 416 cm³/mol. The first-order valence-electron chi connectivity index (χ1n) is 33.7. The SMILES string of the molecule is CC1(C)c2cc(/C=C/c3ccc4sc5ccc(/C=C/c6ccc7c(c6)C(C)(C)c6cc(N(c8cccc(-c9ccccc9)c8)c8cccc(-c9ccccc9)c8)ccc6-7)cc5c4c3)ccc2-c2ccc(N(c3cccc(-c4ccccc4)c3)c3cccc(-c4ccccc4)c3)cc21. The van der Waals surface area contributed by atoms with Crippen molar-refractivity contribution in [1.29, 1.82) is 0 Å². The van der Waals surface area contributed by atoms with Gasteiger partial charge in [-0.05, 0) is 208 Å². The zero-order valence-corrected chi connectivity index (χ0v) is 55.6. The molecular weight excluding hydrogens is 1190 g/mol. The molecule has 15 aromatic rings. The van der Waals surface area contributed by atoms with Gasteiger partial charge < -0.3 is 9.80 Å². The Kier molecular flexibility index (Phi) is 14.8. The smallest absolute Gasteiger partial charge is 0.0467 e. The maximum atomic E-state index is 2.44. The van der Waals surface area contributed by atoms with Crippen LogP contribution in [0, 0.1) is 0 Å². The fourth-order valence-corrected chi connectivity index (χ4v) is 16.2. The highest BCUT2D eigenvalue weighted by Gasteiger charge is 2.38. The maximum Gasteiger partial charge on any atom is 0.0467 e. The lowest BCUT2D eigenvalue weighted by Gasteiger charge is -2.29. The standard InChI is InChI=1S/C94H70N2S/c1-93(2)87-55-65(41-47-81(87)83-49-45-79(61-89(83)93)95(75-33-17-29-71(57-75)67-21-9-5-10-22-67)76-34-18-30-72(58-76)68-23-11-6-12-24-68)39-37-63-43-51-91-85(53-63)86-54-64(44-52-92(86)97-91)38-40-66-42-48-82-84-50-46-80(62-90(84)94(3,4)88(82)56-66)96(77-35-19-31-73(59-77)69-25-13-7-14-26-69)78-36-20-32-74(60-78)70-27-15-8-16-28-70/h5-62H,1-4H3/b39-37+,40-38+. The monoisotopic (exact) mass is 1260 g/mol. The zero-order chi connectivity index (χ0) is 65.2. The summed E-state index contributed by atoms with van der Waals surface area (Å²) < 4.78 is 2.59. The Hall–Kier alpha value is -11.6. The fourth-order valence-electron chi connectivity index (χ4n) is 15.1. The van der Waals surface area contributed by atoms with Crippen LogP contribution in [0.1, 0.15) is 72.2 Å². The van der Waals surface area contributed by atoms with Crippen molar-refractivity contribution in [3.63, 3.8) is 0 Å². The molecule has 0 aliphatic heterocycles. The van der Waals surface area contributed by atoms with Gasteiger partial charge >= 0.3 is 0 Å². The van der Waals surface area contributed by atoms with E-state index in [0.29, 0.717) is 0 Å². The van der Waals surface area contributed by atoms with Gasteiger partial charge in [-0.15, -0.1) is 11.3 Å². The summed E-state index contributed by atoms with van der Waals surface area (Å²) in [6, 6.07) is 121. The normalized spacial score (nSPS) is 13.2. The lowest BCUT2D eigenvalue weighted by atomic mass is 9.81. The van der Waals surface area contributed by atoms with Crippen molar-refractivity contribution in [1.82, 2.24) is 0 Å². The molecular formula is C94H70N2S. The summed E-state index contributed by atoms with van der Waals surface area (Å²) in [7, 11) is 0. The third-order valence-electron chi connectivity index (χ3n) is 20.2. The number of nitrogens with zero attached hydrogens (tertiary/aromatic N) is 2. The van der Waals surface area contributed by atoms with Crippen molar-refractivity contribution in [2.75, 3.05) is 9.80 Å². The van der Waals surface area contributed by atoms with Crippen LogP contribution >= 0.6 is 11.3 Å². The largest absolute Gasteiger partial charge is 0.310 e. The van der Waals surface area contributed by atoms with E-state index >= 15 is 0 Å². The van der Waals surface area contributed by atoms with E-state index in [1.807, 2.05) is 11.3 Å². The molecule has 3 heteroatoms. The van der Waals surface area contributed by atoms with E-state index in [1.54, 1.807) is 0 Å². The molecule has 2 aliphatic rings. The van der Waals surface area contributed by atoms with Crippen LogP contribution in [0.15, 0.2) is 328 Å². The van der Waals surface area contributed by atoms with Gasteiger partial charge in [0.1, 0.15) is 0 Å². The van der Waals surface area contributed by atoms with E-state index in [1.165, 1.54) is 131 Å².